The Hall–Kier alpha value is -2.12. The summed E-state index contributed by atoms with van der Waals surface area (Å²) in [6.45, 7) is 8.79. The zero-order valence-corrected chi connectivity index (χ0v) is 13.0. The van der Waals surface area contributed by atoms with Crippen molar-refractivity contribution in [3.05, 3.63) is 0 Å². The quantitative estimate of drug-likeness (QED) is 0.613. The van der Waals surface area contributed by atoms with Crippen molar-refractivity contribution in [1.82, 2.24) is 20.3 Å². The molecule has 118 valence electrons. The summed E-state index contributed by atoms with van der Waals surface area (Å²) >= 11 is 0. The van der Waals surface area contributed by atoms with Crippen molar-refractivity contribution in [3.63, 3.8) is 0 Å². The first-order valence-electron chi connectivity index (χ1n) is 7.37. The second-order valence-electron chi connectivity index (χ2n) is 4.52. The fourth-order valence-electron chi connectivity index (χ4n) is 1.75. The van der Waals surface area contributed by atoms with Crippen LogP contribution >= 0.6 is 0 Å². The van der Waals surface area contributed by atoms with Crippen LogP contribution in [0.15, 0.2) is 0 Å². The fourth-order valence-corrected chi connectivity index (χ4v) is 1.75. The minimum atomic E-state index is 0.00958. The number of hydrogen-bond donors (Lipinski definition) is 3. The number of amides is 1. The maximum Gasteiger partial charge on any atom is 0.231 e. The Bertz CT molecular complexity index is 448. The van der Waals surface area contributed by atoms with E-state index in [1.807, 2.05) is 25.7 Å². The molecule has 1 aromatic rings. The average molecular weight is 295 g/mol. The van der Waals surface area contributed by atoms with E-state index in [-0.39, 0.29) is 11.9 Å². The molecule has 4 N–H and O–H groups in total. The summed E-state index contributed by atoms with van der Waals surface area (Å²) < 4.78 is 0. The van der Waals surface area contributed by atoms with Gasteiger partial charge in [-0.05, 0) is 20.3 Å². The van der Waals surface area contributed by atoms with Crippen molar-refractivity contribution in [2.24, 2.45) is 0 Å². The molecule has 0 aliphatic rings. The molecule has 0 unspecified atom stereocenters. The number of carbonyl (C=O) groups is 1. The molecule has 1 amide bonds. The molecule has 1 aromatic heterocycles. The van der Waals surface area contributed by atoms with Crippen LogP contribution in [0.25, 0.3) is 0 Å². The van der Waals surface area contributed by atoms with Gasteiger partial charge < -0.3 is 21.3 Å². The van der Waals surface area contributed by atoms with E-state index in [1.165, 1.54) is 0 Å². The van der Waals surface area contributed by atoms with Crippen LogP contribution in [0, 0.1) is 0 Å². The summed E-state index contributed by atoms with van der Waals surface area (Å²) in [5.74, 6) is 1.12. The Balaban J connectivity index is 2.57. The lowest BCUT2D eigenvalue weighted by atomic mass is 10.4. The number of rotatable bonds is 9. The van der Waals surface area contributed by atoms with Gasteiger partial charge >= 0.3 is 0 Å². The van der Waals surface area contributed by atoms with E-state index in [9.17, 15) is 4.79 Å². The number of anilines is 3. The van der Waals surface area contributed by atoms with Gasteiger partial charge in [0.2, 0.25) is 23.8 Å². The molecule has 0 saturated heterocycles. The minimum Gasteiger partial charge on any atom is -0.368 e. The number of nitrogens with zero attached hydrogens (tertiary/aromatic N) is 4. The standard InChI is InChI=1S/C13H25N7O/c1-4-8-15-10(21)7-9-16-12-17-11(14)18-13(19-12)20(5-2)6-3/h4-9H2,1-3H3,(H,15,21)(H3,14,16,17,18,19). The normalized spacial score (nSPS) is 10.2. The third-order valence-corrected chi connectivity index (χ3v) is 2.89. The average Bonchev–Trinajstić information content (AvgIpc) is 2.46. The maximum absolute atomic E-state index is 11.5. The highest BCUT2D eigenvalue weighted by Crippen LogP contribution is 2.11. The molecule has 0 saturated carbocycles. The monoisotopic (exact) mass is 295 g/mol. The van der Waals surface area contributed by atoms with Crippen molar-refractivity contribution in [1.29, 1.82) is 0 Å². The van der Waals surface area contributed by atoms with E-state index >= 15 is 0 Å². The second kappa shape index (κ2) is 8.93. The molecule has 8 nitrogen and oxygen atoms in total. The summed E-state index contributed by atoms with van der Waals surface area (Å²) in [5, 5.41) is 5.82. The van der Waals surface area contributed by atoms with Gasteiger partial charge in [0.1, 0.15) is 0 Å². The van der Waals surface area contributed by atoms with Gasteiger partial charge in [0.05, 0.1) is 0 Å². The number of hydrogen-bond acceptors (Lipinski definition) is 7. The zero-order valence-electron chi connectivity index (χ0n) is 13.0. The van der Waals surface area contributed by atoms with E-state index in [4.69, 9.17) is 5.73 Å². The third kappa shape index (κ3) is 5.80. The van der Waals surface area contributed by atoms with E-state index in [2.05, 4.69) is 25.6 Å². The first-order valence-corrected chi connectivity index (χ1v) is 7.37. The Morgan fingerprint density at radius 3 is 2.48 bits per heavy atom. The van der Waals surface area contributed by atoms with E-state index in [1.54, 1.807) is 0 Å². The van der Waals surface area contributed by atoms with Crippen LogP contribution in [0.3, 0.4) is 0 Å². The second-order valence-corrected chi connectivity index (χ2v) is 4.52. The highest BCUT2D eigenvalue weighted by Gasteiger charge is 2.09. The van der Waals surface area contributed by atoms with Gasteiger partial charge in [-0.25, -0.2) is 0 Å². The van der Waals surface area contributed by atoms with Gasteiger partial charge in [-0.15, -0.1) is 0 Å². The topological polar surface area (TPSA) is 109 Å². The number of nitrogens with two attached hydrogens (primary N) is 1. The molecule has 0 radical (unpaired) electrons. The van der Waals surface area contributed by atoms with Crippen LogP contribution in [0.4, 0.5) is 17.8 Å². The molecule has 21 heavy (non-hydrogen) atoms. The predicted molar refractivity (Wildman–Crippen MR) is 84.2 cm³/mol. The lowest BCUT2D eigenvalue weighted by Gasteiger charge is -2.19. The third-order valence-electron chi connectivity index (χ3n) is 2.89. The minimum absolute atomic E-state index is 0.00958. The van der Waals surface area contributed by atoms with Crippen molar-refractivity contribution in [2.45, 2.75) is 33.6 Å². The summed E-state index contributed by atoms with van der Waals surface area (Å²) in [6, 6.07) is 0. The van der Waals surface area contributed by atoms with E-state index < -0.39 is 0 Å². The van der Waals surface area contributed by atoms with Crippen molar-refractivity contribution < 1.29 is 4.79 Å². The van der Waals surface area contributed by atoms with Crippen LogP contribution in [0.1, 0.15) is 33.6 Å². The van der Waals surface area contributed by atoms with Crippen molar-refractivity contribution >= 4 is 23.8 Å². The van der Waals surface area contributed by atoms with Crippen LogP contribution in [0.5, 0.6) is 0 Å². The largest absolute Gasteiger partial charge is 0.368 e. The van der Waals surface area contributed by atoms with E-state index in [0.717, 1.165) is 19.5 Å². The van der Waals surface area contributed by atoms with Gasteiger partial charge in [0.25, 0.3) is 0 Å². The molecule has 8 heteroatoms. The van der Waals surface area contributed by atoms with Crippen LogP contribution in [-0.2, 0) is 4.79 Å². The van der Waals surface area contributed by atoms with Crippen molar-refractivity contribution in [2.75, 3.05) is 42.1 Å². The summed E-state index contributed by atoms with van der Waals surface area (Å²) in [7, 11) is 0. The lowest BCUT2D eigenvalue weighted by molar-refractivity contribution is -0.120. The molecule has 0 aliphatic heterocycles. The SMILES string of the molecule is CCCNC(=O)CCNc1nc(N)nc(N(CC)CC)n1. The molecule has 0 aliphatic carbocycles. The maximum atomic E-state index is 11.5. The van der Waals surface area contributed by atoms with Gasteiger partial charge in [-0.3, -0.25) is 4.79 Å². The van der Waals surface area contributed by atoms with Crippen LogP contribution in [-0.4, -0.2) is 47.0 Å². The number of carbonyl (C=O) groups excluding carboxylic acids is 1. The Kier molecular flexibility index (Phi) is 7.20. The molecule has 0 aromatic carbocycles. The Morgan fingerprint density at radius 1 is 1.14 bits per heavy atom. The number of nitrogens with one attached hydrogen (secondary N) is 2. The van der Waals surface area contributed by atoms with Gasteiger partial charge in [0, 0.05) is 32.6 Å². The lowest BCUT2D eigenvalue weighted by Crippen LogP contribution is -2.27. The zero-order chi connectivity index (χ0) is 15.7. The summed E-state index contributed by atoms with van der Waals surface area (Å²) in [4.78, 5) is 25.9. The molecule has 1 heterocycles. The van der Waals surface area contributed by atoms with Crippen LogP contribution < -0.4 is 21.3 Å². The molecule has 1 rings (SSSR count). The van der Waals surface area contributed by atoms with Crippen molar-refractivity contribution in [3.8, 4) is 0 Å². The van der Waals surface area contributed by atoms with Gasteiger partial charge in [0.15, 0.2) is 0 Å². The summed E-state index contributed by atoms with van der Waals surface area (Å²) in [5.41, 5.74) is 5.70. The summed E-state index contributed by atoms with van der Waals surface area (Å²) in [6.07, 6.45) is 1.29. The highest BCUT2D eigenvalue weighted by atomic mass is 16.1. The Labute approximate surface area is 125 Å². The molecular weight excluding hydrogens is 270 g/mol. The molecule has 0 atom stereocenters. The molecular formula is C13H25N7O. The number of nitrogen functional groups attached to an aromatic ring is 1. The fraction of sp³-hybridized carbons (Fsp3) is 0.692. The van der Waals surface area contributed by atoms with Gasteiger partial charge in [-0.1, -0.05) is 6.92 Å². The predicted octanol–water partition coefficient (Wildman–Crippen LogP) is 0.628. The first-order chi connectivity index (χ1) is 10.1. The smallest absolute Gasteiger partial charge is 0.231 e. The van der Waals surface area contributed by atoms with Crippen LogP contribution in [0.2, 0.25) is 0 Å². The highest BCUT2D eigenvalue weighted by molar-refractivity contribution is 5.76. The van der Waals surface area contributed by atoms with E-state index in [0.29, 0.717) is 31.4 Å². The molecule has 0 fully saturated rings. The first kappa shape index (κ1) is 16.9. The van der Waals surface area contributed by atoms with Gasteiger partial charge in [-0.2, -0.15) is 15.0 Å². The molecule has 0 bridgehead atoms. The Morgan fingerprint density at radius 2 is 1.86 bits per heavy atom. The number of aromatic nitrogens is 3. The molecule has 0 spiro atoms.